The number of carbonyl (C=O) groups is 1. The molecule has 9 heteroatoms. The fraction of sp³-hybridized carbons (Fsp3) is 0.889. The number of amides is 1. The molecule has 1 aliphatic heterocycles. The van der Waals surface area contributed by atoms with E-state index in [1.165, 1.54) is 7.05 Å². The molecule has 0 spiro atoms. The first-order valence-electron chi connectivity index (χ1n) is 5.01. The van der Waals surface area contributed by atoms with E-state index in [0.717, 1.165) is 4.90 Å². The summed E-state index contributed by atoms with van der Waals surface area (Å²) in [4.78, 5) is 12.2. The normalized spacial score (nSPS) is 23.4. The van der Waals surface area contributed by atoms with E-state index in [2.05, 4.69) is 0 Å². The van der Waals surface area contributed by atoms with Gasteiger partial charge in [-0.15, -0.1) is 0 Å². The zero-order valence-electron chi connectivity index (χ0n) is 9.27. The van der Waals surface area contributed by atoms with Crippen LogP contribution < -0.4 is 0 Å². The summed E-state index contributed by atoms with van der Waals surface area (Å²) >= 11 is 0. The minimum atomic E-state index is -5.87. The Morgan fingerprint density at radius 1 is 1.17 bits per heavy atom. The average molecular weight is 279 g/mol. The van der Waals surface area contributed by atoms with Crippen molar-refractivity contribution in [3.63, 3.8) is 0 Å². The second kappa shape index (κ2) is 4.29. The summed E-state index contributed by atoms with van der Waals surface area (Å²) in [5.74, 6) is -3.06. The molecule has 1 saturated heterocycles. The lowest BCUT2D eigenvalue weighted by molar-refractivity contribution is -0.386. The lowest BCUT2D eigenvalue weighted by Gasteiger charge is -2.41. The Morgan fingerprint density at radius 3 is 1.94 bits per heavy atom. The number of likely N-dealkylation sites (tertiary alicyclic amines) is 1. The minimum absolute atomic E-state index is 0.252. The molecule has 1 heterocycles. The van der Waals surface area contributed by atoms with Gasteiger partial charge >= 0.3 is 12.4 Å². The highest BCUT2D eigenvalue weighted by atomic mass is 19.4. The number of carbonyl (C=O) groups excluding carboxylic acids is 1. The lowest BCUT2D eigenvalue weighted by atomic mass is 9.79. The second-order valence-corrected chi connectivity index (χ2v) is 4.27. The van der Waals surface area contributed by atoms with Crippen LogP contribution in [0.4, 0.5) is 26.3 Å². The molecule has 3 nitrogen and oxygen atoms in total. The molecule has 106 valence electrons. The van der Waals surface area contributed by atoms with E-state index in [0.29, 0.717) is 0 Å². The molecule has 1 unspecified atom stereocenters. The van der Waals surface area contributed by atoms with Gasteiger partial charge in [0.2, 0.25) is 5.91 Å². The van der Waals surface area contributed by atoms with Crippen molar-refractivity contribution in [1.29, 1.82) is 0 Å². The summed E-state index contributed by atoms with van der Waals surface area (Å²) in [6.45, 7) is -0.252. The molecule has 1 aliphatic rings. The zero-order chi connectivity index (χ0) is 14.4. The van der Waals surface area contributed by atoms with Gasteiger partial charge in [-0.25, -0.2) is 0 Å². The van der Waals surface area contributed by atoms with Gasteiger partial charge in [0, 0.05) is 25.9 Å². The van der Waals surface area contributed by atoms with Crippen molar-refractivity contribution >= 4 is 5.91 Å². The topological polar surface area (TPSA) is 40.5 Å². The highest BCUT2D eigenvalue weighted by Gasteiger charge is 2.73. The van der Waals surface area contributed by atoms with Gasteiger partial charge in [-0.2, -0.15) is 26.3 Å². The molecular formula is C9H11F6NO2. The number of aliphatic hydroxyl groups is 1. The predicted molar refractivity (Wildman–Crippen MR) is 47.4 cm³/mol. The molecule has 0 aliphatic carbocycles. The van der Waals surface area contributed by atoms with Crippen molar-refractivity contribution in [3.05, 3.63) is 0 Å². The quantitative estimate of drug-likeness (QED) is 0.742. The monoisotopic (exact) mass is 279 g/mol. The minimum Gasteiger partial charge on any atom is -0.373 e. The number of nitrogens with zero attached hydrogens (tertiary/aromatic N) is 1. The van der Waals surface area contributed by atoms with Gasteiger partial charge in [0.25, 0.3) is 5.60 Å². The fourth-order valence-corrected chi connectivity index (χ4v) is 1.92. The van der Waals surface area contributed by atoms with E-state index in [1.807, 2.05) is 0 Å². The largest absolute Gasteiger partial charge is 0.426 e. The Hall–Kier alpha value is -0.990. The van der Waals surface area contributed by atoms with Crippen LogP contribution in [-0.2, 0) is 4.79 Å². The summed E-state index contributed by atoms with van der Waals surface area (Å²) in [6.07, 6.45) is -13.3. The number of hydrogen-bond acceptors (Lipinski definition) is 2. The maximum absolute atomic E-state index is 12.5. The molecule has 1 atom stereocenters. The van der Waals surface area contributed by atoms with Gasteiger partial charge in [0.1, 0.15) is 0 Å². The number of hydrogen-bond donors (Lipinski definition) is 1. The second-order valence-electron chi connectivity index (χ2n) is 4.27. The third-order valence-electron chi connectivity index (χ3n) is 3.11. The van der Waals surface area contributed by atoms with Crippen molar-refractivity contribution in [2.45, 2.75) is 30.8 Å². The Balaban J connectivity index is 3.11. The van der Waals surface area contributed by atoms with E-state index in [-0.39, 0.29) is 6.54 Å². The Morgan fingerprint density at radius 2 is 1.61 bits per heavy atom. The van der Waals surface area contributed by atoms with Crippen LogP contribution in [0.25, 0.3) is 0 Å². The van der Waals surface area contributed by atoms with Crippen LogP contribution in [0.5, 0.6) is 0 Å². The van der Waals surface area contributed by atoms with E-state index < -0.39 is 42.6 Å². The molecule has 1 fully saturated rings. The standard InChI is InChI=1S/C9H11F6NO2/c1-16-3-2-5(4-6(16)17)7(18,8(10,11)12)9(13,14)15/h5,18H,2-4H2,1H3. The molecule has 0 saturated carbocycles. The van der Waals surface area contributed by atoms with Crippen LogP contribution in [0.1, 0.15) is 12.8 Å². The Kier molecular flexibility index (Phi) is 3.59. The van der Waals surface area contributed by atoms with Gasteiger partial charge in [-0.05, 0) is 6.42 Å². The molecule has 0 aromatic carbocycles. The fourth-order valence-electron chi connectivity index (χ4n) is 1.92. The van der Waals surface area contributed by atoms with Crippen molar-refractivity contribution in [1.82, 2.24) is 4.90 Å². The van der Waals surface area contributed by atoms with E-state index in [9.17, 15) is 31.1 Å². The molecule has 0 aromatic heterocycles. The van der Waals surface area contributed by atoms with Crippen molar-refractivity contribution in [3.8, 4) is 0 Å². The molecule has 18 heavy (non-hydrogen) atoms. The summed E-state index contributed by atoms with van der Waals surface area (Å²) in [5, 5.41) is 9.09. The summed E-state index contributed by atoms with van der Waals surface area (Å²) in [7, 11) is 1.28. The predicted octanol–water partition coefficient (Wildman–Crippen LogP) is 1.71. The van der Waals surface area contributed by atoms with Crippen LogP contribution in [-0.4, -0.2) is 47.5 Å². The molecule has 0 bridgehead atoms. The molecule has 0 aromatic rings. The van der Waals surface area contributed by atoms with Gasteiger partial charge in [0.05, 0.1) is 0 Å². The third kappa shape index (κ3) is 2.27. The van der Waals surface area contributed by atoms with Gasteiger partial charge in [0.15, 0.2) is 0 Å². The number of alkyl halides is 6. The van der Waals surface area contributed by atoms with E-state index >= 15 is 0 Å². The van der Waals surface area contributed by atoms with Crippen LogP contribution in [0.2, 0.25) is 0 Å². The van der Waals surface area contributed by atoms with Crippen LogP contribution >= 0.6 is 0 Å². The van der Waals surface area contributed by atoms with Crippen LogP contribution in [0, 0.1) is 5.92 Å². The van der Waals surface area contributed by atoms with E-state index in [1.54, 1.807) is 0 Å². The SMILES string of the molecule is CN1CCC(C(O)(C(F)(F)F)C(F)(F)F)CC1=O. The lowest BCUT2D eigenvalue weighted by Crippen LogP contribution is -2.63. The number of halogens is 6. The van der Waals surface area contributed by atoms with Crippen LogP contribution in [0.3, 0.4) is 0 Å². The maximum Gasteiger partial charge on any atom is 0.426 e. The summed E-state index contributed by atoms with van der Waals surface area (Å²) in [6, 6.07) is 0. The number of rotatable bonds is 1. The number of piperidine rings is 1. The van der Waals surface area contributed by atoms with Crippen molar-refractivity contribution in [2.24, 2.45) is 5.92 Å². The average Bonchev–Trinajstić information content (AvgIpc) is 2.17. The first-order chi connectivity index (χ1) is 7.91. The Labute approximate surface area is 98.4 Å². The Bertz CT molecular complexity index is 323. The van der Waals surface area contributed by atoms with E-state index in [4.69, 9.17) is 5.11 Å². The highest BCUT2D eigenvalue weighted by Crippen LogP contribution is 2.50. The smallest absolute Gasteiger partial charge is 0.373 e. The van der Waals surface area contributed by atoms with Crippen molar-refractivity contribution in [2.75, 3.05) is 13.6 Å². The summed E-state index contributed by atoms with van der Waals surface area (Å²) < 4.78 is 75.1. The van der Waals surface area contributed by atoms with Crippen LogP contribution in [0.15, 0.2) is 0 Å². The molecule has 0 radical (unpaired) electrons. The molecule has 1 amide bonds. The zero-order valence-corrected chi connectivity index (χ0v) is 9.27. The first-order valence-corrected chi connectivity index (χ1v) is 5.01. The summed E-state index contributed by atoms with van der Waals surface area (Å²) in [5.41, 5.74) is -4.84. The third-order valence-corrected chi connectivity index (χ3v) is 3.11. The molecular weight excluding hydrogens is 268 g/mol. The van der Waals surface area contributed by atoms with Gasteiger partial charge in [-0.3, -0.25) is 4.79 Å². The first kappa shape index (κ1) is 15.1. The highest BCUT2D eigenvalue weighted by molar-refractivity contribution is 5.77. The van der Waals surface area contributed by atoms with Crippen molar-refractivity contribution < 1.29 is 36.2 Å². The molecule has 1 rings (SSSR count). The molecule has 1 N–H and O–H groups in total. The maximum atomic E-state index is 12.5. The van der Waals surface area contributed by atoms with Gasteiger partial charge < -0.3 is 10.0 Å². The van der Waals surface area contributed by atoms with Gasteiger partial charge in [-0.1, -0.05) is 0 Å².